The zero-order valence-corrected chi connectivity index (χ0v) is 18.2. The van der Waals surface area contributed by atoms with Gasteiger partial charge in [-0.3, -0.25) is 9.78 Å². The molecule has 1 saturated heterocycles. The second-order valence-corrected chi connectivity index (χ2v) is 8.16. The Balaban J connectivity index is 1.40. The van der Waals surface area contributed by atoms with E-state index in [9.17, 15) is 23.1 Å². The summed E-state index contributed by atoms with van der Waals surface area (Å²) in [6.07, 6.45) is -0.424. The largest absolute Gasteiger partial charge is 0.573 e. The maximum atomic E-state index is 13.2. The van der Waals surface area contributed by atoms with Crippen molar-refractivity contribution in [3.05, 3.63) is 78.4 Å². The van der Waals surface area contributed by atoms with Crippen molar-refractivity contribution < 1.29 is 27.8 Å². The van der Waals surface area contributed by atoms with Crippen LogP contribution in [-0.2, 0) is 6.54 Å². The van der Waals surface area contributed by atoms with E-state index < -0.39 is 12.3 Å². The predicted molar refractivity (Wildman–Crippen MR) is 122 cm³/mol. The fourth-order valence-corrected chi connectivity index (χ4v) is 3.97. The van der Waals surface area contributed by atoms with Crippen LogP contribution in [0.2, 0.25) is 0 Å². The highest BCUT2D eigenvalue weighted by Crippen LogP contribution is 2.26. The number of hydrogen-bond acceptors (Lipinski definition) is 6. The number of nitrogens with one attached hydrogen (secondary N) is 1. The summed E-state index contributed by atoms with van der Waals surface area (Å²) in [5, 5.41) is 13.0. The Morgan fingerprint density at radius 3 is 2.69 bits per heavy atom. The van der Waals surface area contributed by atoms with Gasteiger partial charge < -0.3 is 24.6 Å². The van der Waals surface area contributed by atoms with Gasteiger partial charge in [0.05, 0.1) is 29.7 Å². The lowest BCUT2D eigenvalue weighted by Crippen LogP contribution is -2.51. The number of β-amino-alcohol motifs (C(OH)–C–C–N with tert-alkyl or cyclic N) is 1. The lowest BCUT2D eigenvalue weighted by molar-refractivity contribution is -0.274. The molecule has 4 aromatic rings. The van der Waals surface area contributed by atoms with Gasteiger partial charge in [-0.2, -0.15) is 0 Å². The van der Waals surface area contributed by atoms with Crippen LogP contribution >= 0.6 is 0 Å². The van der Waals surface area contributed by atoms with Crippen LogP contribution < -0.4 is 15.0 Å². The minimum absolute atomic E-state index is 0.126. The Morgan fingerprint density at radius 2 is 1.97 bits per heavy atom. The number of carbonyl (C=O) groups excluding carboxylic acids is 1. The number of anilines is 2. The molecule has 11 heteroatoms. The number of halogens is 3. The molecule has 0 radical (unpaired) electrons. The van der Waals surface area contributed by atoms with Gasteiger partial charge in [-0.25, -0.2) is 4.98 Å². The van der Waals surface area contributed by atoms with Crippen molar-refractivity contribution in [2.24, 2.45) is 0 Å². The molecule has 1 aliphatic heterocycles. The Labute approximate surface area is 197 Å². The summed E-state index contributed by atoms with van der Waals surface area (Å²) in [7, 11) is 0. The van der Waals surface area contributed by atoms with Gasteiger partial charge in [-0.1, -0.05) is 12.1 Å². The number of hydrogen-bond donors (Lipinski definition) is 2. The van der Waals surface area contributed by atoms with Crippen molar-refractivity contribution in [2.75, 3.05) is 23.3 Å². The van der Waals surface area contributed by atoms with Gasteiger partial charge in [0, 0.05) is 31.2 Å². The third-order valence-electron chi connectivity index (χ3n) is 5.60. The molecule has 4 heterocycles. The molecule has 5 rings (SSSR count). The van der Waals surface area contributed by atoms with Gasteiger partial charge in [0.2, 0.25) is 0 Å². The summed E-state index contributed by atoms with van der Waals surface area (Å²) >= 11 is 0. The Kier molecular flexibility index (Phi) is 5.77. The van der Waals surface area contributed by atoms with Crippen LogP contribution in [0.1, 0.15) is 16.1 Å². The molecule has 0 atom stereocenters. The lowest BCUT2D eigenvalue weighted by Gasteiger charge is -2.36. The summed E-state index contributed by atoms with van der Waals surface area (Å²) in [5.74, 6) is -0.0382. The van der Waals surface area contributed by atoms with E-state index in [4.69, 9.17) is 0 Å². The van der Waals surface area contributed by atoms with Gasteiger partial charge in [-0.15, -0.1) is 13.2 Å². The van der Waals surface area contributed by atoms with Crippen molar-refractivity contribution in [3.63, 3.8) is 0 Å². The third-order valence-corrected chi connectivity index (χ3v) is 5.60. The molecule has 0 bridgehead atoms. The first kappa shape index (κ1) is 22.7. The molecular formula is C24H20F3N5O3. The minimum atomic E-state index is -4.80. The van der Waals surface area contributed by atoms with Gasteiger partial charge in [0.15, 0.2) is 0 Å². The summed E-state index contributed by atoms with van der Waals surface area (Å²) in [5.41, 5.74) is 1.97. The van der Waals surface area contributed by atoms with E-state index in [1.54, 1.807) is 47.3 Å². The Bertz CT molecular complexity index is 1370. The van der Waals surface area contributed by atoms with Crippen LogP contribution in [0.4, 0.5) is 24.7 Å². The lowest BCUT2D eigenvalue weighted by atomic mass is 10.2. The highest BCUT2D eigenvalue weighted by atomic mass is 19.4. The van der Waals surface area contributed by atoms with E-state index in [1.807, 2.05) is 4.90 Å². The monoisotopic (exact) mass is 483 g/mol. The third kappa shape index (κ3) is 5.04. The highest BCUT2D eigenvalue weighted by Gasteiger charge is 2.31. The molecule has 1 aromatic carbocycles. The normalized spacial score (nSPS) is 14.1. The molecule has 0 saturated carbocycles. The molecule has 1 fully saturated rings. The van der Waals surface area contributed by atoms with E-state index in [1.165, 1.54) is 24.4 Å². The smallest absolute Gasteiger partial charge is 0.406 e. The molecular weight excluding hydrogens is 463 g/mol. The maximum Gasteiger partial charge on any atom is 0.573 e. The number of aromatic nitrogens is 3. The summed E-state index contributed by atoms with van der Waals surface area (Å²) < 4.78 is 43.6. The van der Waals surface area contributed by atoms with E-state index >= 15 is 0 Å². The van der Waals surface area contributed by atoms with Gasteiger partial charge in [0.1, 0.15) is 17.3 Å². The summed E-state index contributed by atoms with van der Waals surface area (Å²) in [4.78, 5) is 23.6. The average Bonchev–Trinajstić information content (AvgIpc) is 3.15. The second-order valence-electron chi connectivity index (χ2n) is 8.16. The number of fused-ring (bicyclic) bond motifs is 1. The number of aliphatic hydroxyl groups is 1. The number of alkyl halides is 3. The van der Waals surface area contributed by atoms with Crippen LogP contribution in [0.25, 0.3) is 10.9 Å². The number of amides is 1. The summed E-state index contributed by atoms with van der Waals surface area (Å²) in [6.45, 7) is 1.16. The molecule has 0 unspecified atom stereocenters. The molecule has 2 N–H and O–H groups in total. The van der Waals surface area contributed by atoms with Gasteiger partial charge in [-0.05, 0) is 42.0 Å². The zero-order chi connectivity index (χ0) is 24.6. The standard InChI is InChI=1S/C24H20F3N5O3/c25-24(26,27)35-19-3-1-2-15(8-19)12-32-20(9-16-6-7-28-11-21(16)32)23(34)30-17-4-5-22(29-10-17)31-13-18(33)14-31/h1-11,18,33H,12-14H2,(H,30,34). The topological polar surface area (TPSA) is 92.5 Å². The molecule has 3 aromatic heterocycles. The quantitative estimate of drug-likeness (QED) is 0.433. The first-order valence-corrected chi connectivity index (χ1v) is 10.7. The second kappa shape index (κ2) is 8.91. The van der Waals surface area contributed by atoms with E-state index in [0.717, 1.165) is 5.39 Å². The molecule has 0 spiro atoms. The van der Waals surface area contributed by atoms with Crippen LogP contribution in [0.15, 0.2) is 67.1 Å². The molecule has 180 valence electrons. The number of rotatable bonds is 6. The zero-order valence-electron chi connectivity index (χ0n) is 18.2. The van der Waals surface area contributed by atoms with Crippen molar-refractivity contribution in [2.45, 2.75) is 19.0 Å². The SMILES string of the molecule is O=C(Nc1ccc(N2CC(O)C2)nc1)c1cc2ccncc2n1Cc1cccc(OC(F)(F)F)c1. The fourth-order valence-electron chi connectivity index (χ4n) is 3.97. The number of ether oxygens (including phenoxy) is 1. The van der Waals surface area contributed by atoms with Crippen LogP contribution in [0.3, 0.4) is 0 Å². The summed E-state index contributed by atoms with van der Waals surface area (Å²) in [6, 6.07) is 12.6. The number of nitrogens with zero attached hydrogens (tertiary/aromatic N) is 4. The average molecular weight is 483 g/mol. The van der Waals surface area contributed by atoms with E-state index in [-0.39, 0.29) is 18.4 Å². The van der Waals surface area contributed by atoms with Crippen molar-refractivity contribution >= 4 is 28.3 Å². The van der Waals surface area contributed by atoms with Crippen LogP contribution in [0, 0.1) is 0 Å². The number of benzene rings is 1. The predicted octanol–water partition coefficient (Wildman–Crippen LogP) is 3.81. The number of pyridine rings is 2. The molecule has 1 amide bonds. The van der Waals surface area contributed by atoms with Crippen molar-refractivity contribution in [1.29, 1.82) is 0 Å². The first-order chi connectivity index (χ1) is 16.7. The molecule has 1 aliphatic rings. The maximum absolute atomic E-state index is 13.2. The van der Waals surface area contributed by atoms with Gasteiger partial charge in [0.25, 0.3) is 5.91 Å². The Morgan fingerprint density at radius 1 is 1.14 bits per heavy atom. The first-order valence-electron chi connectivity index (χ1n) is 10.7. The van der Waals surface area contributed by atoms with Crippen LogP contribution in [-0.4, -0.2) is 51.1 Å². The molecule has 35 heavy (non-hydrogen) atoms. The fraction of sp³-hybridized carbons (Fsp3) is 0.208. The minimum Gasteiger partial charge on any atom is -0.406 e. The van der Waals surface area contributed by atoms with Crippen molar-refractivity contribution in [1.82, 2.24) is 14.5 Å². The van der Waals surface area contributed by atoms with Gasteiger partial charge >= 0.3 is 6.36 Å². The number of carbonyl (C=O) groups is 1. The van der Waals surface area contributed by atoms with E-state index in [0.29, 0.717) is 41.4 Å². The number of aliphatic hydroxyl groups excluding tert-OH is 1. The van der Waals surface area contributed by atoms with Crippen LogP contribution in [0.5, 0.6) is 5.75 Å². The Hall–Kier alpha value is -4.12. The van der Waals surface area contributed by atoms with E-state index in [2.05, 4.69) is 20.0 Å². The highest BCUT2D eigenvalue weighted by molar-refractivity contribution is 6.06. The van der Waals surface area contributed by atoms with Crippen molar-refractivity contribution in [3.8, 4) is 5.75 Å². The molecule has 8 nitrogen and oxygen atoms in total. The molecule has 0 aliphatic carbocycles.